The van der Waals surface area contributed by atoms with Crippen molar-refractivity contribution in [2.75, 3.05) is 51.6 Å². The van der Waals surface area contributed by atoms with Gasteiger partial charge in [0.1, 0.15) is 5.58 Å². The van der Waals surface area contributed by atoms with Gasteiger partial charge in [0.15, 0.2) is 5.43 Å². The van der Waals surface area contributed by atoms with Crippen molar-refractivity contribution < 1.29 is 9.21 Å². The van der Waals surface area contributed by atoms with Gasteiger partial charge in [-0.15, -0.1) is 0 Å². The molecule has 2 aromatic rings. The second kappa shape index (κ2) is 7.09. The average Bonchev–Trinajstić information content (AvgIpc) is 3.13. The van der Waals surface area contributed by atoms with Gasteiger partial charge in [0.05, 0.1) is 11.6 Å². The van der Waals surface area contributed by atoms with Crippen LogP contribution in [-0.4, -0.2) is 73.1 Å². The van der Waals surface area contributed by atoms with E-state index in [1.165, 1.54) is 12.3 Å². The fraction of sp³-hybridized carbons (Fsp3) is 0.474. The van der Waals surface area contributed by atoms with Crippen molar-refractivity contribution in [3.05, 3.63) is 40.8 Å². The molecule has 0 bridgehead atoms. The van der Waals surface area contributed by atoms with Crippen LogP contribution in [0.3, 0.4) is 0 Å². The van der Waals surface area contributed by atoms with Gasteiger partial charge in [0.25, 0.3) is 0 Å². The minimum atomic E-state index is -0.112. The van der Waals surface area contributed by atoms with E-state index in [2.05, 4.69) is 22.2 Å². The molecule has 1 atom stereocenters. The Morgan fingerprint density at radius 3 is 2.77 bits per heavy atom. The number of likely N-dealkylation sites (tertiary alicyclic amines) is 1. The van der Waals surface area contributed by atoms with E-state index < -0.39 is 0 Å². The summed E-state index contributed by atoms with van der Waals surface area (Å²) in [5.74, 6) is 0. The summed E-state index contributed by atoms with van der Waals surface area (Å²) >= 11 is 0. The topological polar surface area (TPSA) is 69.0 Å². The molecule has 7 heteroatoms. The smallest absolute Gasteiger partial charge is 0.321 e. The molecule has 26 heavy (non-hydrogen) atoms. The van der Waals surface area contributed by atoms with E-state index in [-0.39, 0.29) is 11.5 Å². The highest BCUT2D eigenvalue weighted by molar-refractivity contribution is 5.92. The first kappa shape index (κ1) is 17.1. The van der Waals surface area contributed by atoms with Crippen molar-refractivity contribution >= 4 is 22.7 Å². The number of benzene rings is 1. The molecule has 4 rings (SSSR count). The SMILES string of the molecule is CN1CCN([C@@H]2CCN(C(=O)Nc3ccc4occc(=O)c4c3)C2)CC1. The number of fused-ring (bicyclic) bond motifs is 1. The summed E-state index contributed by atoms with van der Waals surface area (Å²) in [5, 5.41) is 3.39. The number of likely N-dealkylation sites (N-methyl/N-ethyl adjacent to an activating group) is 1. The molecule has 2 fully saturated rings. The standard InChI is InChI=1S/C19H24N4O3/c1-21-7-9-22(10-8-21)15-4-6-23(13-15)19(25)20-14-2-3-18-16(12-14)17(24)5-11-26-18/h2-3,5,11-12,15H,4,6-10,13H2,1H3,(H,20,25)/t15-/m1/s1. The first-order chi connectivity index (χ1) is 12.6. The fourth-order valence-corrected chi connectivity index (χ4v) is 3.78. The van der Waals surface area contributed by atoms with Crippen molar-refractivity contribution in [2.45, 2.75) is 12.5 Å². The normalized spacial score (nSPS) is 22.0. The van der Waals surface area contributed by atoms with Gasteiger partial charge >= 0.3 is 6.03 Å². The molecule has 0 unspecified atom stereocenters. The fourth-order valence-electron chi connectivity index (χ4n) is 3.78. The van der Waals surface area contributed by atoms with Gasteiger partial charge in [-0.3, -0.25) is 9.69 Å². The monoisotopic (exact) mass is 356 g/mol. The Labute approximate surface area is 152 Å². The summed E-state index contributed by atoms with van der Waals surface area (Å²) in [7, 11) is 2.15. The van der Waals surface area contributed by atoms with Crippen LogP contribution >= 0.6 is 0 Å². The number of anilines is 1. The maximum absolute atomic E-state index is 12.6. The zero-order valence-corrected chi connectivity index (χ0v) is 15.0. The van der Waals surface area contributed by atoms with Crippen molar-refractivity contribution in [1.82, 2.24) is 14.7 Å². The summed E-state index contributed by atoms with van der Waals surface area (Å²) in [6.45, 7) is 5.82. The van der Waals surface area contributed by atoms with Crippen molar-refractivity contribution in [1.29, 1.82) is 0 Å². The van der Waals surface area contributed by atoms with E-state index in [1.54, 1.807) is 18.2 Å². The van der Waals surface area contributed by atoms with Gasteiger partial charge < -0.3 is 19.5 Å². The summed E-state index contributed by atoms with van der Waals surface area (Å²) in [5.41, 5.74) is 1.02. The number of carbonyl (C=O) groups is 1. The molecule has 1 N–H and O–H groups in total. The van der Waals surface area contributed by atoms with Crippen LogP contribution < -0.4 is 10.7 Å². The molecule has 1 aromatic heterocycles. The van der Waals surface area contributed by atoms with Crippen molar-refractivity contribution in [3.63, 3.8) is 0 Å². The second-order valence-corrected chi connectivity index (χ2v) is 7.15. The van der Waals surface area contributed by atoms with Crippen molar-refractivity contribution in [2.24, 2.45) is 0 Å². The predicted octanol–water partition coefficient (Wildman–Crippen LogP) is 1.65. The molecule has 0 saturated carbocycles. The van der Waals surface area contributed by atoms with Crippen LogP contribution in [-0.2, 0) is 0 Å². The lowest BCUT2D eigenvalue weighted by Crippen LogP contribution is -2.50. The number of nitrogens with one attached hydrogen (secondary N) is 1. The molecule has 1 aromatic carbocycles. The number of piperazine rings is 1. The first-order valence-corrected chi connectivity index (χ1v) is 9.10. The van der Waals surface area contributed by atoms with E-state index >= 15 is 0 Å². The Balaban J connectivity index is 1.39. The van der Waals surface area contributed by atoms with Crippen LogP contribution in [0.2, 0.25) is 0 Å². The van der Waals surface area contributed by atoms with E-state index in [0.29, 0.717) is 22.7 Å². The van der Waals surface area contributed by atoms with E-state index in [9.17, 15) is 9.59 Å². The number of amides is 2. The third kappa shape index (κ3) is 3.45. The highest BCUT2D eigenvalue weighted by Crippen LogP contribution is 2.20. The van der Waals surface area contributed by atoms with Crippen LogP contribution in [0.5, 0.6) is 0 Å². The first-order valence-electron chi connectivity index (χ1n) is 9.10. The molecule has 2 amide bonds. The lowest BCUT2D eigenvalue weighted by atomic mass is 10.2. The van der Waals surface area contributed by atoms with E-state index in [1.807, 2.05) is 4.90 Å². The van der Waals surface area contributed by atoms with Crippen LogP contribution in [0.15, 0.2) is 39.7 Å². The van der Waals surface area contributed by atoms with Crippen molar-refractivity contribution in [3.8, 4) is 0 Å². The number of carbonyl (C=O) groups excluding carboxylic acids is 1. The van der Waals surface area contributed by atoms with Crippen LogP contribution in [0, 0.1) is 0 Å². The predicted molar refractivity (Wildman–Crippen MR) is 101 cm³/mol. The molecule has 7 nitrogen and oxygen atoms in total. The Kier molecular flexibility index (Phi) is 4.65. The quantitative estimate of drug-likeness (QED) is 0.886. The van der Waals surface area contributed by atoms with Crippen LogP contribution in [0.25, 0.3) is 11.0 Å². The minimum Gasteiger partial charge on any atom is -0.464 e. The van der Waals surface area contributed by atoms with Gasteiger partial charge in [0.2, 0.25) is 0 Å². The highest BCUT2D eigenvalue weighted by atomic mass is 16.3. The number of hydrogen-bond acceptors (Lipinski definition) is 5. The Morgan fingerprint density at radius 2 is 1.96 bits per heavy atom. The van der Waals surface area contributed by atoms with E-state index in [4.69, 9.17) is 4.42 Å². The van der Waals surface area contributed by atoms with Gasteiger partial charge in [0, 0.05) is 57.1 Å². The second-order valence-electron chi connectivity index (χ2n) is 7.15. The molecular weight excluding hydrogens is 332 g/mol. The molecular formula is C19H24N4O3. The third-order valence-corrected chi connectivity index (χ3v) is 5.42. The number of rotatable bonds is 2. The molecule has 3 heterocycles. The Morgan fingerprint density at radius 1 is 1.15 bits per heavy atom. The largest absolute Gasteiger partial charge is 0.464 e. The molecule has 2 aliphatic rings. The Bertz CT molecular complexity index is 857. The molecule has 2 saturated heterocycles. The highest BCUT2D eigenvalue weighted by Gasteiger charge is 2.31. The van der Waals surface area contributed by atoms with Crippen LogP contribution in [0.1, 0.15) is 6.42 Å². The lowest BCUT2D eigenvalue weighted by Gasteiger charge is -2.36. The maximum Gasteiger partial charge on any atom is 0.321 e. The number of hydrogen-bond donors (Lipinski definition) is 1. The summed E-state index contributed by atoms with van der Waals surface area (Å²) in [6.07, 6.45) is 2.39. The number of nitrogens with zero attached hydrogens (tertiary/aromatic N) is 3. The number of urea groups is 1. The lowest BCUT2D eigenvalue weighted by molar-refractivity contribution is 0.115. The maximum atomic E-state index is 12.6. The molecule has 138 valence electrons. The third-order valence-electron chi connectivity index (χ3n) is 5.42. The molecule has 0 spiro atoms. The van der Waals surface area contributed by atoms with Crippen LogP contribution in [0.4, 0.5) is 10.5 Å². The van der Waals surface area contributed by atoms with Gasteiger partial charge in [-0.2, -0.15) is 0 Å². The zero-order chi connectivity index (χ0) is 18.1. The molecule has 0 radical (unpaired) electrons. The minimum absolute atomic E-state index is 0.110. The summed E-state index contributed by atoms with van der Waals surface area (Å²) in [4.78, 5) is 31.2. The summed E-state index contributed by atoms with van der Waals surface area (Å²) in [6, 6.07) is 6.86. The van der Waals surface area contributed by atoms with Gasteiger partial charge in [-0.1, -0.05) is 0 Å². The Hall–Kier alpha value is -2.38. The summed E-state index contributed by atoms with van der Waals surface area (Å²) < 4.78 is 5.31. The van der Waals surface area contributed by atoms with Gasteiger partial charge in [-0.05, 0) is 31.7 Å². The zero-order valence-electron chi connectivity index (χ0n) is 15.0. The van der Waals surface area contributed by atoms with E-state index in [0.717, 1.165) is 45.7 Å². The molecule has 2 aliphatic heterocycles. The van der Waals surface area contributed by atoms with Gasteiger partial charge in [-0.25, -0.2) is 4.79 Å². The average molecular weight is 356 g/mol. The molecule has 0 aliphatic carbocycles.